The number of nitrogens with zero attached hydrogens (tertiary/aromatic N) is 2. The Bertz CT molecular complexity index is 1430. The van der Waals surface area contributed by atoms with Crippen molar-refractivity contribution in [1.82, 2.24) is 14.9 Å². The number of furan rings is 1. The zero-order valence-electron chi connectivity index (χ0n) is 19.2. The fourth-order valence-corrected chi connectivity index (χ4v) is 4.87. The van der Waals surface area contributed by atoms with Crippen LogP contribution in [-0.2, 0) is 21.2 Å². The SMILES string of the molecule is CC(C)[C@H](C=O)NS(=O)(=O)c1ccc2oc3cc(-c4noc(CC(C)(C)C)n4)ccc3c2c1. The second-order valence-electron chi connectivity index (χ2n) is 9.75. The van der Waals surface area contributed by atoms with Crippen molar-refractivity contribution in [2.45, 2.75) is 52.0 Å². The van der Waals surface area contributed by atoms with Gasteiger partial charge in [-0.2, -0.15) is 4.98 Å². The van der Waals surface area contributed by atoms with Gasteiger partial charge in [-0.3, -0.25) is 0 Å². The average Bonchev–Trinajstić information content (AvgIpc) is 3.33. The molecule has 4 rings (SSSR count). The number of rotatable bonds is 7. The van der Waals surface area contributed by atoms with Gasteiger partial charge in [-0.05, 0) is 41.7 Å². The Kier molecular flexibility index (Phi) is 5.88. The van der Waals surface area contributed by atoms with E-state index < -0.39 is 16.1 Å². The summed E-state index contributed by atoms with van der Waals surface area (Å²) in [5.74, 6) is 0.875. The number of carbonyl (C=O) groups is 1. The van der Waals surface area contributed by atoms with Gasteiger partial charge in [0.05, 0.1) is 10.9 Å². The van der Waals surface area contributed by atoms with Gasteiger partial charge >= 0.3 is 0 Å². The van der Waals surface area contributed by atoms with E-state index in [9.17, 15) is 13.2 Å². The second kappa shape index (κ2) is 8.39. The first kappa shape index (κ1) is 23.1. The number of fused-ring (bicyclic) bond motifs is 3. The molecule has 4 aromatic rings. The third-order valence-electron chi connectivity index (χ3n) is 5.32. The molecule has 8 nitrogen and oxygen atoms in total. The predicted molar refractivity (Wildman–Crippen MR) is 125 cm³/mol. The number of nitrogens with one attached hydrogen (secondary N) is 1. The van der Waals surface area contributed by atoms with Gasteiger partial charge in [-0.1, -0.05) is 45.8 Å². The van der Waals surface area contributed by atoms with E-state index in [1.165, 1.54) is 6.07 Å². The van der Waals surface area contributed by atoms with E-state index in [1.54, 1.807) is 26.0 Å². The summed E-state index contributed by atoms with van der Waals surface area (Å²) < 4.78 is 39.4. The molecule has 0 aliphatic heterocycles. The van der Waals surface area contributed by atoms with Gasteiger partial charge in [-0.15, -0.1) is 0 Å². The van der Waals surface area contributed by atoms with Gasteiger partial charge in [0.25, 0.3) is 0 Å². The molecule has 0 amide bonds. The summed E-state index contributed by atoms with van der Waals surface area (Å²) in [6.07, 6.45) is 1.28. The number of hydrogen-bond donors (Lipinski definition) is 1. The van der Waals surface area contributed by atoms with Crippen molar-refractivity contribution in [1.29, 1.82) is 0 Å². The van der Waals surface area contributed by atoms with Gasteiger partial charge in [0.15, 0.2) is 0 Å². The Morgan fingerprint density at radius 1 is 1.06 bits per heavy atom. The first-order valence-corrected chi connectivity index (χ1v) is 12.2. The Labute approximate surface area is 192 Å². The minimum atomic E-state index is -3.87. The molecule has 174 valence electrons. The van der Waals surface area contributed by atoms with E-state index in [0.29, 0.717) is 41.0 Å². The average molecular weight is 470 g/mol. The van der Waals surface area contributed by atoms with Gasteiger partial charge in [-0.25, -0.2) is 13.1 Å². The Hall–Kier alpha value is -3.04. The standard InChI is InChI=1S/C24H27N3O5S/c1-14(2)19(13-28)27-33(29,30)16-7-9-20-18(11-16)17-8-6-15(10-21(17)31-20)23-25-22(32-26-23)12-24(3,4)5/h6-11,13-14,19,27H,12H2,1-5H3/t19-/m0/s1. The van der Waals surface area contributed by atoms with Crippen LogP contribution in [0.15, 0.2) is 50.2 Å². The normalized spacial score (nSPS) is 13.8. The van der Waals surface area contributed by atoms with E-state index in [1.807, 2.05) is 18.2 Å². The van der Waals surface area contributed by atoms with Crippen LogP contribution in [0.2, 0.25) is 0 Å². The summed E-state index contributed by atoms with van der Waals surface area (Å²) in [7, 11) is -3.87. The summed E-state index contributed by atoms with van der Waals surface area (Å²) in [5.41, 5.74) is 1.91. The quantitative estimate of drug-likeness (QED) is 0.389. The van der Waals surface area contributed by atoms with E-state index in [0.717, 1.165) is 10.9 Å². The topological polar surface area (TPSA) is 115 Å². The fourth-order valence-electron chi connectivity index (χ4n) is 3.53. The molecule has 2 aromatic carbocycles. The van der Waals surface area contributed by atoms with Crippen LogP contribution in [0.5, 0.6) is 0 Å². The molecule has 2 heterocycles. The molecule has 0 fully saturated rings. The van der Waals surface area contributed by atoms with Gasteiger partial charge in [0.1, 0.15) is 17.5 Å². The smallest absolute Gasteiger partial charge is 0.241 e. The molecule has 33 heavy (non-hydrogen) atoms. The molecule has 0 unspecified atom stereocenters. The lowest BCUT2D eigenvalue weighted by Gasteiger charge is -2.16. The molecule has 0 spiro atoms. The molecule has 1 atom stereocenters. The number of aldehydes is 1. The molecule has 0 saturated carbocycles. The van der Waals surface area contributed by atoms with Crippen LogP contribution >= 0.6 is 0 Å². The van der Waals surface area contributed by atoms with Crippen molar-refractivity contribution >= 4 is 38.2 Å². The highest BCUT2D eigenvalue weighted by Gasteiger charge is 2.23. The van der Waals surface area contributed by atoms with Crippen LogP contribution in [0.4, 0.5) is 0 Å². The summed E-state index contributed by atoms with van der Waals surface area (Å²) in [5, 5.41) is 5.51. The number of sulfonamides is 1. The summed E-state index contributed by atoms with van der Waals surface area (Å²) in [6, 6.07) is 9.35. The minimum Gasteiger partial charge on any atom is -0.456 e. The molecule has 1 N–H and O–H groups in total. The van der Waals surface area contributed by atoms with E-state index in [-0.39, 0.29) is 16.2 Å². The number of hydrogen-bond acceptors (Lipinski definition) is 7. The molecule has 9 heteroatoms. The first-order valence-electron chi connectivity index (χ1n) is 10.7. The molecule has 0 aliphatic carbocycles. The van der Waals surface area contributed by atoms with Crippen LogP contribution < -0.4 is 4.72 Å². The van der Waals surface area contributed by atoms with E-state index in [4.69, 9.17) is 8.94 Å². The van der Waals surface area contributed by atoms with Crippen LogP contribution in [0.1, 0.15) is 40.5 Å². The predicted octanol–water partition coefficient (Wildman–Crippen LogP) is 4.73. The highest BCUT2D eigenvalue weighted by molar-refractivity contribution is 7.89. The van der Waals surface area contributed by atoms with Crippen LogP contribution in [0.25, 0.3) is 33.3 Å². The van der Waals surface area contributed by atoms with E-state index in [2.05, 4.69) is 35.6 Å². The third-order valence-corrected chi connectivity index (χ3v) is 6.77. The molecule has 0 radical (unpaired) electrons. The lowest BCUT2D eigenvalue weighted by atomic mass is 9.92. The Morgan fingerprint density at radius 3 is 2.48 bits per heavy atom. The van der Waals surface area contributed by atoms with Crippen molar-refractivity contribution in [2.24, 2.45) is 11.3 Å². The first-order chi connectivity index (χ1) is 15.5. The lowest BCUT2D eigenvalue weighted by molar-refractivity contribution is -0.110. The summed E-state index contributed by atoms with van der Waals surface area (Å²) in [4.78, 5) is 15.8. The van der Waals surface area contributed by atoms with E-state index >= 15 is 0 Å². The molecule has 2 aromatic heterocycles. The maximum absolute atomic E-state index is 12.8. The Morgan fingerprint density at radius 2 is 1.82 bits per heavy atom. The van der Waals surface area contributed by atoms with Gasteiger partial charge < -0.3 is 13.7 Å². The van der Waals surface area contributed by atoms with Crippen LogP contribution in [0.3, 0.4) is 0 Å². The molecular weight excluding hydrogens is 442 g/mol. The molecule has 0 bridgehead atoms. The van der Waals surface area contributed by atoms with Gasteiger partial charge in [0, 0.05) is 22.8 Å². The van der Waals surface area contributed by atoms with Crippen molar-refractivity contribution in [3.8, 4) is 11.4 Å². The molecule has 0 saturated heterocycles. The van der Waals surface area contributed by atoms with Gasteiger partial charge in [0.2, 0.25) is 21.7 Å². The summed E-state index contributed by atoms with van der Waals surface area (Å²) in [6.45, 7) is 9.86. The fraction of sp³-hybridized carbons (Fsp3) is 0.375. The zero-order valence-corrected chi connectivity index (χ0v) is 20.1. The molecule has 0 aliphatic rings. The number of carbonyl (C=O) groups excluding carboxylic acids is 1. The van der Waals surface area contributed by atoms with Crippen molar-refractivity contribution in [2.75, 3.05) is 0 Å². The van der Waals surface area contributed by atoms with Crippen molar-refractivity contribution < 1.29 is 22.2 Å². The second-order valence-corrected chi connectivity index (χ2v) is 11.5. The number of aromatic nitrogens is 2. The highest BCUT2D eigenvalue weighted by atomic mass is 32.2. The van der Waals surface area contributed by atoms with Crippen molar-refractivity contribution in [3.63, 3.8) is 0 Å². The minimum absolute atomic E-state index is 0.0281. The third kappa shape index (κ3) is 4.84. The van der Waals surface area contributed by atoms with Crippen LogP contribution in [0, 0.1) is 11.3 Å². The molecular formula is C24H27N3O5S. The monoisotopic (exact) mass is 469 g/mol. The largest absolute Gasteiger partial charge is 0.456 e. The van der Waals surface area contributed by atoms with Crippen molar-refractivity contribution in [3.05, 3.63) is 42.3 Å². The summed E-state index contributed by atoms with van der Waals surface area (Å²) >= 11 is 0. The number of benzene rings is 2. The zero-order chi connectivity index (χ0) is 24.0. The van der Waals surface area contributed by atoms with Crippen LogP contribution in [-0.4, -0.2) is 30.9 Å². The Balaban J connectivity index is 1.69. The maximum atomic E-state index is 12.8. The lowest BCUT2D eigenvalue weighted by Crippen LogP contribution is -2.39. The maximum Gasteiger partial charge on any atom is 0.241 e. The highest BCUT2D eigenvalue weighted by Crippen LogP contribution is 2.33.